The smallest absolute Gasteiger partial charge is 0.170 e. The van der Waals surface area contributed by atoms with E-state index in [9.17, 15) is 5.21 Å². The molecule has 3 N–H and O–H groups in total. The van der Waals surface area contributed by atoms with Gasteiger partial charge in [-0.1, -0.05) is 41.9 Å². The number of aromatic nitrogens is 1. The summed E-state index contributed by atoms with van der Waals surface area (Å²) in [4.78, 5) is 8.59. The molecule has 7 heteroatoms. The number of fused-ring (bicyclic) bond motifs is 1. The number of nitrogens with two attached hydrogens (primary N) is 1. The molecule has 6 nitrogen and oxygen atoms in total. The second-order valence-electron chi connectivity index (χ2n) is 4.43. The van der Waals surface area contributed by atoms with Crippen molar-refractivity contribution in [2.45, 2.75) is 0 Å². The van der Waals surface area contributed by atoms with Gasteiger partial charge in [-0.15, -0.1) is 0 Å². The minimum Gasteiger partial charge on any atom is -0.321 e. The highest BCUT2D eigenvalue weighted by Crippen LogP contribution is 2.15. The van der Waals surface area contributed by atoms with Crippen LogP contribution in [0.15, 0.2) is 52.6 Å². The lowest BCUT2D eigenvalue weighted by molar-refractivity contribution is -0.0122. The Hall–Kier alpha value is -2.44. The van der Waals surface area contributed by atoms with Crippen molar-refractivity contribution >= 4 is 23.1 Å². The number of hydrogen-bond acceptors (Lipinski definition) is 5. The number of hydroxylamine groups is 2. The van der Waals surface area contributed by atoms with E-state index in [-0.39, 0.29) is 6.54 Å². The van der Waals surface area contributed by atoms with E-state index in [2.05, 4.69) is 15.1 Å². The van der Waals surface area contributed by atoms with E-state index in [4.69, 9.17) is 17.4 Å². The normalized spacial score (nSPS) is 16.4. The number of hydrazone groups is 1. The fraction of sp³-hybridized carbons (Fsp3) is 0.0714. The molecular weight excluding hydrogens is 290 g/mol. The molecule has 21 heavy (non-hydrogen) atoms. The Labute approximate surface area is 125 Å². The second kappa shape index (κ2) is 5.51. The monoisotopic (exact) mass is 301 g/mol. The summed E-state index contributed by atoms with van der Waals surface area (Å²) in [5.41, 5.74) is 1.31. The maximum Gasteiger partial charge on any atom is 0.170 e. The van der Waals surface area contributed by atoms with Crippen molar-refractivity contribution in [3.05, 3.63) is 63.9 Å². The second-order valence-corrected chi connectivity index (χ2v) is 4.82. The average Bonchev–Trinajstić information content (AvgIpc) is 2.63. The topological polar surface area (TPSA) is 87.1 Å². The summed E-state index contributed by atoms with van der Waals surface area (Å²) >= 11 is 5.98. The molecule has 0 amide bonds. The van der Waals surface area contributed by atoms with E-state index < -0.39 is 0 Å². The molecule has 2 heterocycles. The van der Waals surface area contributed by atoms with Gasteiger partial charge in [-0.05, 0) is 12.1 Å². The summed E-state index contributed by atoms with van der Waals surface area (Å²) in [6.45, 7) is 0.0642. The minimum absolute atomic E-state index is 0.0642. The number of halogens is 1. The van der Waals surface area contributed by atoms with Gasteiger partial charge in [0.1, 0.15) is 17.0 Å². The Kier molecular flexibility index (Phi) is 3.55. The molecule has 1 aliphatic heterocycles. The van der Waals surface area contributed by atoms with E-state index in [1.54, 1.807) is 12.1 Å². The third-order valence-corrected chi connectivity index (χ3v) is 3.27. The molecule has 3 rings (SSSR count). The van der Waals surface area contributed by atoms with Crippen molar-refractivity contribution in [1.82, 2.24) is 10.0 Å². The Morgan fingerprint density at radius 2 is 1.95 bits per heavy atom. The summed E-state index contributed by atoms with van der Waals surface area (Å²) in [7, 11) is 0. The molecule has 2 aromatic rings. The van der Waals surface area contributed by atoms with Crippen LogP contribution in [0.4, 0.5) is 0 Å². The van der Waals surface area contributed by atoms with Crippen LogP contribution < -0.4 is 16.5 Å². The Morgan fingerprint density at radius 1 is 1.19 bits per heavy atom. The number of benzene rings is 1. The first-order valence-electron chi connectivity index (χ1n) is 6.23. The van der Waals surface area contributed by atoms with Crippen LogP contribution in [-0.2, 0) is 0 Å². The minimum atomic E-state index is 0.0642. The summed E-state index contributed by atoms with van der Waals surface area (Å²) in [5, 5.41) is 16.3. The molecule has 0 saturated carbocycles. The van der Waals surface area contributed by atoms with E-state index in [1.807, 2.05) is 30.3 Å². The average molecular weight is 302 g/mol. The zero-order valence-corrected chi connectivity index (χ0v) is 11.7. The van der Waals surface area contributed by atoms with Gasteiger partial charge in [0.25, 0.3) is 0 Å². The molecule has 0 spiro atoms. The Bertz CT molecular complexity index is 819. The van der Waals surface area contributed by atoms with Crippen molar-refractivity contribution in [2.75, 3.05) is 6.54 Å². The zero-order valence-electron chi connectivity index (χ0n) is 10.9. The lowest BCUT2D eigenvalue weighted by atomic mass is 10.1. The van der Waals surface area contributed by atoms with Crippen molar-refractivity contribution in [3.63, 3.8) is 0 Å². The first-order chi connectivity index (χ1) is 10.2. The molecule has 106 valence electrons. The molecule has 1 aliphatic rings. The zero-order chi connectivity index (χ0) is 14.8. The molecule has 0 saturated heterocycles. The number of rotatable bonds is 1. The van der Waals surface area contributed by atoms with Gasteiger partial charge in [-0.2, -0.15) is 5.10 Å². The maximum atomic E-state index is 10.4. The number of nitrogens with zero attached hydrogens (tertiary/aromatic N) is 4. The molecule has 0 atom stereocenters. The summed E-state index contributed by atoms with van der Waals surface area (Å²) < 4.78 is 0. The van der Waals surface area contributed by atoms with Gasteiger partial charge in [0.05, 0.1) is 11.1 Å². The predicted octanol–water partition coefficient (Wildman–Crippen LogP) is 0.488. The molecule has 0 aliphatic carbocycles. The number of pyridine rings is 1. The fourth-order valence-electron chi connectivity index (χ4n) is 2.15. The van der Waals surface area contributed by atoms with Crippen LogP contribution in [0.3, 0.4) is 0 Å². The third-order valence-electron chi connectivity index (χ3n) is 3.06. The van der Waals surface area contributed by atoms with Crippen molar-refractivity contribution < 1.29 is 5.21 Å². The number of amidine groups is 1. The summed E-state index contributed by atoms with van der Waals surface area (Å²) in [6, 6.07) is 12.7. The standard InChI is InChI=1S/C14H12ClN5O/c15-11-7-6-10-13(18-11)14(9-4-2-1-3-5-9)20(21)8-12(17-10)19-16/h1-7,21H,8,16H2. The van der Waals surface area contributed by atoms with Crippen LogP contribution in [0, 0.1) is 0 Å². The fourth-order valence-corrected chi connectivity index (χ4v) is 2.30. The molecule has 0 fully saturated rings. The molecule has 1 aromatic heterocycles. The van der Waals surface area contributed by atoms with Crippen LogP contribution in [0.5, 0.6) is 0 Å². The highest BCUT2D eigenvalue weighted by atomic mass is 35.5. The lowest BCUT2D eigenvalue weighted by Crippen LogP contribution is -2.34. The van der Waals surface area contributed by atoms with Crippen molar-refractivity contribution in [2.24, 2.45) is 15.9 Å². The quantitative estimate of drug-likeness (QED) is 0.456. The van der Waals surface area contributed by atoms with Crippen LogP contribution >= 0.6 is 11.6 Å². The Balaban J connectivity index is 2.42. The summed E-state index contributed by atoms with van der Waals surface area (Å²) in [5.74, 6) is 5.61. The van der Waals surface area contributed by atoms with Gasteiger partial charge >= 0.3 is 0 Å². The van der Waals surface area contributed by atoms with Gasteiger partial charge in [0, 0.05) is 5.56 Å². The molecule has 0 bridgehead atoms. The maximum absolute atomic E-state index is 10.4. The predicted molar refractivity (Wildman–Crippen MR) is 79.1 cm³/mol. The van der Waals surface area contributed by atoms with Crippen molar-refractivity contribution in [1.29, 1.82) is 0 Å². The van der Waals surface area contributed by atoms with E-state index in [0.717, 1.165) is 10.6 Å². The van der Waals surface area contributed by atoms with Gasteiger partial charge in [-0.3, -0.25) is 5.21 Å². The SMILES string of the molecule is NN=C1CN(O)C(c2ccccc2)=c2nc(Cl)ccc2=N1. The van der Waals surface area contributed by atoms with Crippen LogP contribution in [0.2, 0.25) is 5.15 Å². The molecule has 1 aromatic carbocycles. The van der Waals surface area contributed by atoms with Gasteiger partial charge in [-0.25, -0.2) is 15.0 Å². The van der Waals surface area contributed by atoms with E-state index >= 15 is 0 Å². The number of hydrogen-bond donors (Lipinski definition) is 2. The molecule has 0 unspecified atom stereocenters. The van der Waals surface area contributed by atoms with E-state index in [0.29, 0.717) is 27.4 Å². The first kappa shape index (κ1) is 13.5. The Morgan fingerprint density at radius 3 is 2.67 bits per heavy atom. The van der Waals surface area contributed by atoms with Crippen LogP contribution in [0.1, 0.15) is 5.56 Å². The van der Waals surface area contributed by atoms with Crippen molar-refractivity contribution in [3.8, 4) is 0 Å². The van der Waals surface area contributed by atoms with E-state index in [1.165, 1.54) is 0 Å². The van der Waals surface area contributed by atoms with Gasteiger partial charge in [0.2, 0.25) is 0 Å². The lowest BCUT2D eigenvalue weighted by Gasteiger charge is -2.18. The first-order valence-corrected chi connectivity index (χ1v) is 6.61. The van der Waals surface area contributed by atoms with Gasteiger partial charge < -0.3 is 5.84 Å². The largest absolute Gasteiger partial charge is 0.321 e. The highest BCUT2D eigenvalue weighted by Gasteiger charge is 2.18. The van der Waals surface area contributed by atoms with Crippen LogP contribution in [0.25, 0.3) is 5.70 Å². The molecular formula is C14H12ClN5O. The summed E-state index contributed by atoms with van der Waals surface area (Å²) in [6.07, 6.45) is 0. The highest BCUT2D eigenvalue weighted by molar-refractivity contribution is 6.29. The van der Waals surface area contributed by atoms with Gasteiger partial charge in [0.15, 0.2) is 5.84 Å². The third kappa shape index (κ3) is 2.58. The van der Waals surface area contributed by atoms with Crippen LogP contribution in [-0.4, -0.2) is 27.6 Å². The molecule has 0 radical (unpaired) electrons.